The van der Waals surface area contributed by atoms with Gasteiger partial charge in [-0.3, -0.25) is 4.79 Å². The average molecular weight is 195 g/mol. The van der Waals surface area contributed by atoms with Crippen LogP contribution in [-0.4, -0.2) is 13.0 Å². The molecule has 3 nitrogen and oxygen atoms in total. The average Bonchev–Trinajstić information content (AvgIpc) is 2.19. The molecule has 0 atom stereocenters. The number of halogens is 1. The second-order valence-corrected chi connectivity index (χ2v) is 2.59. The van der Waals surface area contributed by atoms with Crippen molar-refractivity contribution in [1.29, 1.82) is 0 Å². The Balaban J connectivity index is 2.69. The zero-order valence-electron chi connectivity index (χ0n) is 7.71. The fourth-order valence-corrected chi connectivity index (χ4v) is 0.873. The number of carbonyl (C=O) groups excluding carboxylic acids is 1. The van der Waals surface area contributed by atoms with Gasteiger partial charge in [0.1, 0.15) is 5.75 Å². The lowest BCUT2D eigenvalue weighted by atomic mass is 10.3. The first-order chi connectivity index (χ1) is 6.63. The summed E-state index contributed by atoms with van der Waals surface area (Å²) in [5.41, 5.74) is 0.495. The Morgan fingerprint density at radius 2 is 2.00 bits per heavy atom. The molecule has 0 unspecified atom stereocenters. The van der Waals surface area contributed by atoms with Gasteiger partial charge in [-0.1, -0.05) is 6.58 Å². The second kappa shape index (κ2) is 4.41. The van der Waals surface area contributed by atoms with Gasteiger partial charge in [0.15, 0.2) is 5.83 Å². The van der Waals surface area contributed by atoms with Gasteiger partial charge in [0, 0.05) is 5.69 Å². The van der Waals surface area contributed by atoms with E-state index in [0.717, 1.165) is 0 Å². The monoisotopic (exact) mass is 195 g/mol. The highest BCUT2D eigenvalue weighted by Gasteiger charge is 2.05. The Kier molecular flexibility index (Phi) is 3.23. The molecule has 74 valence electrons. The van der Waals surface area contributed by atoms with Crippen LogP contribution in [0.4, 0.5) is 10.1 Å². The van der Waals surface area contributed by atoms with Crippen molar-refractivity contribution in [3.8, 4) is 5.75 Å². The molecule has 0 bridgehead atoms. The zero-order chi connectivity index (χ0) is 10.6. The molecule has 0 heterocycles. The molecule has 0 saturated heterocycles. The molecular formula is C10H10FNO2. The predicted molar refractivity (Wildman–Crippen MR) is 51.9 cm³/mol. The highest BCUT2D eigenvalue weighted by Crippen LogP contribution is 2.15. The predicted octanol–water partition coefficient (Wildman–Crippen LogP) is 2.12. The maximum absolute atomic E-state index is 12.3. The lowest BCUT2D eigenvalue weighted by Crippen LogP contribution is -2.10. The van der Waals surface area contributed by atoms with E-state index in [9.17, 15) is 9.18 Å². The first-order valence-electron chi connectivity index (χ1n) is 3.93. The molecule has 0 radical (unpaired) electrons. The van der Waals surface area contributed by atoms with E-state index < -0.39 is 11.7 Å². The van der Waals surface area contributed by atoms with Crippen molar-refractivity contribution in [3.63, 3.8) is 0 Å². The Bertz CT molecular complexity index is 346. The molecule has 0 saturated carbocycles. The van der Waals surface area contributed by atoms with E-state index in [0.29, 0.717) is 11.4 Å². The number of ether oxygens (including phenoxy) is 1. The van der Waals surface area contributed by atoms with E-state index in [-0.39, 0.29) is 0 Å². The summed E-state index contributed by atoms with van der Waals surface area (Å²) in [6.07, 6.45) is 0. The smallest absolute Gasteiger partial charge is 0.283 e. The number of anilines is 1. The number of methoxy groups -OCH3 is 1. The van der Waals surface area contributed by atoms with Gasteiger partial charge in [-0.2, -0.15) is 0 Å². The second-order valence-electron chi connectivity index (χ2n) is 2.59. The minimum Gasteiger partial charge on any atom is -0.497 e. The molecule has 1 N–H and O–H groups in total. The van der Waals surface area contributed by atoms with E-state index in [1.807, 2.05) is 0 Å². The summed E-state index contributed by atoms with van der Waals surface area (Å²) in [7, 11) is 1.54. The Hall–Kier alpha value is -1.84. The molecule has 1 aromatic carbocycles. The SMILES string of the molecule is C=C(F)C(=O)Nc1ccc(OC)cc1. The van der Waals surface area contributed by atoms with Crippen molar-refractivity contribution < 1.29 is 13.9 Å². The zero-order valence-corrected chi connectivity index (χ0v) is 7.71. The van der Waals surface area contributed by atoms with E-state index in [2.05, 4.69) is 11.9 Å². The number of nitrogens with one attached hydrogen (secondary N) is 1. The van der Waals surface area contributed by atoms with E-state index in [4.69, 9.17) is 4.74 Å². The molecule has 0 aromatic heterocycles. The molecule has 1 rings (SSSR count). The number of benzene rings is 1. The number of hydrogen-bond donors (Lipinski definition) is 1. The maximum Gasteiger partial charge on any atom is 0.283 e. The molecule has 0 aliphatic heterocycles. The highest BCUT2D eigenvalue weighted by atomic mass is 19.1. The number of amides is 1. The highest BCUT2D eigenvalue weighted by molar-refractivity contribution is 6.01. The van der Waals surface area contributed by atoms with Crippen LogP contribution < -0.4 is 10.1 Å². The van der Waals surface area contributed by atoms with Crippen LogP contribution in [0.1, 0.15) is 0 Å². The van der Waals surface area contributed by atoms with Crippen molar-refractivity contribution in [1.82, 2.24) is 0 Å². The first-order valence-corrected chi connectivity index (χ1v) is 3.93. The van der Waals surface area contributed by atoms with Crippen molar-refractivity contribution in [2.24, 2.45) is 0 Å². The van der Waals surface area contributed by atoms with Crippen LogP contribution >= 0.6 is 0 Å². The Labute approximate surface area is 81.2 Å². The molecule has 0 fully saturated rings. The summed E-state index contributed by atoms with van der Waals surface area (Å²) in [6.45, 7) is 2.88. The number of rotatable bonds is 3. The summed E-state index contributed by atoms with van der Waals surface area (Å²) in [4.78, 5) is 10.8. The summed E-state index contributed by atoms with van der Waals surface area (Å²) in [5, 5.41) is 2.32. The third-order valence-electron chi connectivity index (χ3n) is 1.59. The largest absolute Gasteiger partial charge is 0.497 e. The molecular weight excluding hydrogens is 185 g/mol. The van der Waals surface area contributed by atoms with Crippen LogP contribution in [0.2, 0.25) is 0 Å². The fraction of sp³-hybridized carbons (Fsp3) is 0.100. The van der Waals surface area contributed by atoms with E-state index >= 15 is 0 Å². The molecule has 1 aromatic rings. The quantitative estimate of drug-likeness (QED) is 0.750. The summed E-state index contributed by atoms with van der Waals surface area (Å²) in [6, 6.07) is 6.55. The van der Waals surface area contributed by atoms with Gasteiger partial charge >= 0.3 is 0 Å². The van der Waals surface area contributed by atoms with Gasteiger partial charge in [-0.25, -0.2) is 4.39 Å². The normalized spacial score (nSPS) is 9.29. The van der Waals surface area contributed by atoms with Crippen LogP contribution in [0, 0.1) is 0 Å². The minimum absolute atomic E-state index is 0.495. The molecule has 0 aliphatic carbocycles. The fourth-order valence-electron chi connectivity index (χ4n) is 0.873. The third kappa shape index (κ3) is 2.58. The van der Waals surface area contributed by atoms with Gasteiger partial charge in [-0.05, 0) is 24.3 Å². The van der Waals surface area contributed by atoms with Crippen LogP contribution in [0.5, 0.6) is 5.75 Å². The molecule has 14 heavy (non-hydrogen) atoms. The Morgan fingerprint density at radius 3 is 2.43 bits per heavy atom. The van der Waals surface area contributed by atoms with Crippen LogP contribution in [0.25, 0.3) is 0 Å². The van der Waals surface area contributed by atoms with Gasteiger partial charge < -0.3 is 10.1 Å². The van der Waals surface area contributed by atoms with Crippen LogP contribution in [-0.2, 0) is 4.79 Å². The molecule has 1 amide bonds. The van der Waals surface area contributed by atoms with Crippen molar-refractivity contribution in [2.75, 3.05) is 12.4 Å². The van der Waals surface area contributed by atoms with Crippen molar-refractivity contribution in [3.05, 3.63) is 36.7 Å². The van der Waals surface area contributed by atoms with Gasteiger partial charge in [0.05, 0.1) is 7.11 Å². The lowest BCUT2D eigenvalue weighted by Gasteiger charge is -2.04. The summed E-state index contributed by atoms with van der Waals surface area (Å²) in [5.74, 6) is -1.18. The number of hydrogen-bond acceptors (Lipinski definition) is 2. The lowest BCUT2D eigenvalue weighted by molar-refractivity contribution is -0.114. The number of carbonyl (C=O) groups is 1. The summed E-state index contributed by atoms with van der Waals surface area (Å²) < 4.78 is 17.2. The topological polar surface area (TPSA) is 38.3 Å². The Morgan fingerprint density at radius 1 is 1.43 bits per heavy atom. The van der Waals surface area contributed by atoms with E-state index in [1.165, 1.54) is 7.11 Å². The van der Waals surface area contributed by atoms with Crippen LogP contribution in [0.15, 0.2) is 36.7 Å². The molecule has 0 aliphatic rings. The van der Waals surface area contributed by atoms with Crippen molar-refractivity contribution >= 4 is 11.6 Å². The standard InChI is InChI=1S/C10H10FNO2/c1-7(11)10(13)12-8-3-5-9(14-2)6-4-8/h3-6H,1H2,2H3,(H,12,13). The van der Waals surface area contributed by atoms with Gasteiger partial charge in [-0.15, -0.1) is 0 Å². The first kappa shape index (κ1) is 10.2. The third-order valence-corrected chi connectivity index (χ3v) is 1.59. The van der Waals surface area contributed by atoms with E-state index in [1.54, 1.807) is 24.3 Å². The van der Waals surface area contributed by atoms with Crippen molar-refractivity contribution in [2.45, 2.75) is 0 Å². The van der Waals surface area contributed by atoms with Crippen LogP contribution in [0.3, 0.4) is 0 Å². The summed E-state index contributed by atoms with van der Waals surface area (Å²) >= 11 is 0. The molecule has 0 spiro atoms. The molecule has 4 heteroatoms. The van der Waals surface area contributed by atoms with Gasteiger partial charge in [0.25, 0.3) is 5.91 Å². The van der Waals surface area contributed by atoms with Gasteiger partial charge in [0.2, 0.25) is 0 Å². The maximum atomic E-state index is 12.3. The minimum atomic E-state index is -1.01.